The lowest BCUT2D eigenvalue weighted by Crippen LogP contribution is -2.02. The minimum Gasteiger partial charge on any atom is -0.478 e. The topological polar surface area (TPSA) is 37.3 Å². The predicted octanol–water partition coefficient (Wildman–Crippen LogP) is 2.58. The van der Waals surface area contributed by atoms with Crippen LogP contribution in [-0.4, -0.2) is 11.1 Å². The van der Waals surface area contributed by atoms with Gasteiger partial charge in [-0.15, -0.1) is 25.3 Å². The molecule has 1 aromatic rings. The van der Waals surface area contributed by atoms with Crippen LogP contribution in [0.4, 0.5) is 0 Å². The highest BCUT2D eigenvalue weighted by Crippen LogP contribution is 2.28. The molecule has 0 bridgehead atoms. The summed E-state index contributed by atoms with van der Waals surface area (Å²) in [5, 5.41) is 8.85. The molecule has 0 aliphatic rings. The first-order valence-corrected chi connectivity index (χ1v) is 4.60. The fraction of sp³-hybridized carbons (Fsp3) is 0.222. The molecule has 0 aliphatic heterocycles. The second kappa shape index (κ2) is 3.64. The number of hydrogen-bond donors (Lipinski definition) is 3. The van der Waals surface area contributed by atoms with Crippen molar-refractivity contribution in [2.24, 2.45) is 0 Å². The molecule has 0 aliphatic carbocycles. The summed E-state index contributed by atoms with van der Waals surface area (Å²) in [6.45, 7) is 3.54. The summed E-state index contributed by atoms with van der Waals surface area (Å²) < 4.78 is 0. The van der Waals surface area contributed by atoms with Crippen LogP contribution in [0, 0.1) is 13.8 Å². The number of carboxylic acids is 1. The minimum atomic E-state index is -0.927. The van der Waals surface area contributed by atoms with Crippen LogP contribution in [0.25, 0.3) is 0 Å². The molecule has 1 rings (SSSR count). The summed E-state index contributed by atoms with van der Waals surface area (Å²) in [5.41, 5.74) is 1.78. The molecule has 0 spiro atoms. The molecule has 70 valence electrons. The van der Waals surface area contributed by atoms with Crippen LogP contribution in [0.1, 0.15) is 21.5 Å². The van der Waals surface area contributed by atoms with E-state index in [1.54, 1.807) is 13.0 Å². The van der Waals surface area contributed by atoms with Crippen LogP contribution in [0.15, 0.2) is 15.9 Å². The van der Waals surface area contributed by atoms with Gasteiger partial charge in [-0.1, -0.05) is 0 Å². The van der Waals surface area contributed by atoms with Crippen molar-refractivity contribution in [1.82, 2.24) is 0 Å². The zero-order valence-corrected chi connectivity index (χ0v) is 9.12. The summed E-state index contributed by atoms with van der Waals surface area (Å²) >= 11 is 8.43. The van der Waals surface area contributed by atoms with Crippen LogP contribution < -0.4 is 0 Å². The Balaban J connectivity index is 3.50. The Morgan fingerprint density at radius 2 is 1.85 bits per heavy atom. The minimum absolute atomic E-state index is 0.292. The SMILES string of the molecule is Cc1cc(C(=O)O)c(C)c(S)c1S. The highest BCUT2D eigenvalue weighted by Gasteiger charge is 2.12. The van der Waals surface area contributed by atoms with Gasteiger partial charge in [-0.3, -0.25) is 0 Å². The first-order chi connectivity index (χ1) is 5.95. The van der Waals surface area contributed by atoms with E-state index in [2.05, 4.69) is 25.3 Å². The van der Waals surface area contributed by atoms with Crippen molar-refractivity contribution in [1.29, 1.82) is 0 Å². The fourth-order valence-electron chi connectivity index (χ4n) is 1.11. The van der Waals surface area contributed by atoms with Gasteiger partial charge in [0, 0.05) is 9.79 Å². The summed E-state index contributed by atoms with van der Waals surface area (Å²) in [6, 6.07) is 1.61. The molecule has 0 saturated carbocycles. The molecule has 0 fully saturated rings. The smallest absolute Gasteiger partial charge is 0.336 e. The first-order valence-electron chi connectivity index (χ1n) is 3.70. The quantitative estimate of drug-likeness (QED) is 0.628. The van der Waals surface area contributed by atoms with Gasteiger partial charge in [0.25, 0.3) is 0 Å². The molecule has 0 radical (unpaired) electrons. The fourth-order valence-corrected chi connectivity index (χ4v) is 1.64. The summed E-state index contributed by atoms with van der Waals surface area (Å²) in [4.78, 5) is 12.2. The molecule has 1 aromatic carbocycles. The maximum atomic E-state index is 10.8. The lowest BCUT2D eigenvalue weighted by Gasteiger charge is -2.09. The second-order valence-corrected chi connectivity index (χ2v) is 3.76. The van der Waals surface area contributed by atoms with Crippen LogP contribution >= 0.6 is 25.3 Å². The molecule has 0 amide bonds. The van der Waals surface area contributed by atoms with Gasteiger partial charge in [0.2, 0.25) is 0 Å². The Morgan fingerprint density at radius 3 is 2.31 bits per heavy atom. The van der Waals surface area contributed by atoms with Gasteiger partial charge in [0.1, 0.15) is 0 Å². The summed E-state index contributed by atoms with van der Waals surface area (Å²) in [6.07, 6.45) is 0. The zero-order chi connectivity index (χ0) is 10.2. The molecule has 4 heteroatoms. The van der Waals surface area contributed by atoms with E-state index in [0.717, 1.165) is 10.5 Å². The summed E-state index contributed by atoms with van der Waals surface area (Å²) in [7, 11) is 0. The predicted molar refractivity (Wildman–Crippen MR) is 57.4 cm³/mol. The van der Waals surface area contributed by atoms with Gasteiger partial charge in [0.05, 0.1) is 5.56 Å². The van der Waals surface area contributed by atoms with E-state index >= 15 is 0 Å². The van der Waals surface area contributed by atoms with E-state index in [9.17, 15) is 4.79 Å². The lowest BCUT2D eigenvalue weighted by molar-refractivity contribution is 0.0695. The van der Waals surface area contributed by atoms with Crippen LogP contribution in [0.2, 0.25) is 0 Å². The number of aryl methyl sites for hydroxylation is 1. The van der Waals surface area contributed by atoms with Crippen molar-refractivity contribution in [3.63, 3.8) is 0 Å². The van der Waals surface area contributed by atoms with Crippen LogP contribution in [0.3, 0.4) is 0 Å². The molecule has 2 nitrogen and oxygen atoms in total. The molecule has 0 unspecified atom stereocenters. The van der Waals surface area contributed by atoms with E-state index in [0.29, 0.717) is 16.0 Å². The average molecular weight is 214 g/mol. The zero-order valence-electron chi connectivity index (χ0n) is 7.33. The van der Waals surface area contributed by atoms with Gasteiger partial charge < -0.3 is 5.11 Å². The second-order valence-electron chi connectivity index (χ2n) is 2.87. The first kappa shape index (κ1) is 10.5. The molecule has 0 atom stereocenters. The maximum Gasteiger partial charge on any atom is 0.336 e. The maximum absolute atomic E-state index is 10.8. The number of aromatic carboxylic acids is 1. The largest absolute Gasteiger partial charge is 0.478 e. The molecule has 13 heavy (non-hydrogen) atoms. The molecule has 0 aromatic heterocycles. The van der Waals surface area contributed by atoms with Gasteiger partial charge in [-0.25, -0.2) is 4.79 Å². The highest BCUT2D eigenvalue weighted by molar-refractivity contribution is 7.83. The van der Waals surface area contributed by atoms with E-state index in [1.165, 1.54) is 0 Å². The van der Waals surface area contributed by atoms with Crippen molar-refractivity contribution in [2.75, 3.05) is 0 Å². The molecule has 0 saturated heterocycles. The number of hydrogen-bond acceptors (Lipinski definition) is 3. The number of rotatable bonds is 1. The Hall–Kier alpha value is -0.610. The summed E-state index contributed by atoms with van der Waals surface area (Å²) in [5.74, 6) is -0.927. The third kappa shape index (κ3) is 1.84. The van der Waals surface area contributed by atoms with E-state index in [-0.39, 0.29) is 0 Å². The molecular formula is C9H10O2S2. The van der Waals surface area contributed by atoms with Crippen molar-refractivity contribution < 1.29 is 9.90 Å². The van der Waals surface area contributed by atoms with E-state index < -0.39 is 5.97 Å². The lowest BCUT2D eigenvalue weighted by atomic mass is 10.1. The van der Waals surface area contributed by atoms with Crippen LogP contribution in [0.5, 0.6) is 0 Å². The average Bonchev–Trinajstić information content (AvgIpc) is 2.07. The van der Waals surface area contributed by atoms with Gasteiger partial charge in [-0.05, 0) is 31.0 Å². The number of thiol groups is 2. The van der Waals surface area contributed by atoms with Crippen LogP contribution in [-0.2, 0) is 0 Å². The monoisotopic (exact) mass is 214 g/mol. The van der Waals surface area contributed by atoms with Crippen molar-refractivity contribution in [3.8, 4) is 0 Å². The van der Waals surface area contributed by atoms with Gasteiger partial charge >= 0.3 is 5.97 Å². The van der Waals surface area contributed by atoms with Crippen molar-refractivity contribution in [2.45, 2.75) is 23.6 Å². The highest BCUT2D eigenvalue weighted by atomic mass is 32.1. The third-order valence-electron chi connectivity index (χ3n) is 1.95. The van der Waals surface area contributed by atoms with E-state index in [4.69, 9.17) is 5.11 Å². The number of carbonyl (C=O) groups is 1. The van der Waals surface area contributed by atoms with Crippen molar-refractivity contribution in [3.05, 3.63) is 22.8 Å². The number of carboxylic acid groups (broad SMARTS) is 1. The number of benzene rings is 1. The molecule has 1 N–H and O–H groups in total. The van der Waals surface area contributed by atoms with Gasteiger partial charge in [0.15, 0.2) is 0 Å². The van der Waals surface area contributed by atoms with Gasteiger partial charge in [-0.2, -0.15) is 0 Å². The normalized spacial score (nSPS) is 10.2. The molecular weight excluding hydrogens is 204 g/mol. The molecule has 0 heterocycles. The Morgan fingerprint density at radius 1 is 1.31 bits per heavy atom. The van der Waals surface area contributed by atoms with E-state index in [1.807, 2.05) is 6.92 Å². The van der Waals surface area contributed by atoms with Crippen molar-refractivity contribution >= 4 is 31.2 Å². The Labute approximate surface area is 87.8 Å². The Kier molecular flexibility index (Phi) is 2.93. The third-order valence-corrected chi connectivity index (χ3v) is 3.26. The standard InChI is InChI=1S/C9H10O2S2/c1-4-3-6(9(10)11)5(2)8(13)7(4)12/h3,12-13H,1-2H3,(H,10,11). The Bertz CT molecular complexity index is 372.